The highest BCUT2D eigenvalue weighted by Crippen LogP contribution is 2.21. The van der Waals surface area contributed by atoms with E-state index in [9.17, 15) is 14.9 Å². The van der Waals surface area contributed by atoms with Crippen molar-refractivity contribution >= 4 is 28.2 Å². The first kappa shape index (κ1) is 21.0. The molecule has 2 aromatic carbocycles. The number of piperazine rings is 1. The smallest absolute Gasteiger partial charge is 0.271 e. The number of nitrogens with zero attached hydrogens (tertiary/aromatic N) is 5. The van der Waals surface area contributed by atoms with E-state index in [1.54, 1.807) is 23.0 Å². The number of hydrogen-bond donors (Lipinski definition) is 1. The van der Waals surface area contributed by atoms with Crippen molar-refractivity contribution in [3.8, 4) is 0 Å². The number of non-ortho nitro benzene ring substituents is 1. The molecule has 31 heavy (non-hydrogen) atoms. The van der Waals surface area contributed by atoms with Crippen LogP contribution in [0.1, 0.15) is 12.5 Å². The van der Waals surface area contributed by atoms with E-state index in [0.717, 1.165) is 54.8 Å². The first-order chi connectivity index (χ1) is 15.0. The predicted octanol–water partition coefficient (Wildman–Crippen LogP) is 2.72. The Morgan fingerprint density at radius 2 is 1.87 bits per heavy atom. The van der Waals surface area contributed by atoms with Crippen molar-refractivity contribution in [2.75, 3.05) is 38.0 Å². The van der Waals surface area contributed by atoms with Crippen molar-refractivity contribution in [2.24, 2.45) is 0 Å². The Bertz CT molecular complexity index is 1090. The quantitative estimate of drug-likeness (QED) is 0.465. The number of aromatic nitrogens is 2. The zero-order valence-corrected chi connectivity index (χ0v) is 17.5. The lowest BCUT2D eigenvalue weighted by Gasteiger charge is -2.34. The molecule has 1 aliphatic rings. The standard InChI is InChI=1S/C22H26N6O3/c1-2-17-5-3-4-6-20(17)24-22(29)15-25-9-11-26(12-10-25)16-27-21-13-19(28(30)31)8-7-18(21)14-23-27/h3-8,13-14H,2,9-12,15-16H2,1H3,(H,24,29). The number of carbonyl (C=O) groups excluding carboxylic acids is 1. The first-order valence-corrected chi connectivity index (χ1v) is 10.5. The number of amides is 1. The summed E-state index contributed by atoms with van der Waals surface area (Å²) in [4.78, 5) is 27.6. The molecule has 3 aromatic rings. The van der Waals surface area contributed by atoms with Crippen molar-refractivity contribution in [3.63, 3.8) is 0 Å². The van der Waals surface area contributed by atoms with Crippen molar-refractivity contribution in [3.05, 3.63) is 64.3 Å². The van der Waals surface area contributed by atoms with Gasteiger partial charge in [0, 0.05) is 49.4 Å². The number of hydrogen-bond acceptors (Lipinski definition) is 6. The van der Waals surface area contributed by atoms with Crippen LogP contribution in [0.2, 0.25) is 0 Å². The second kappa shape index (κ2) is 9.23. The number of nitro groups is 1. The van der Waals surface area contributed by atoms with Crippen molar-refractivity contribution < 1.29 is 9.72 Å². The summed E-state index contributed by atoms with van der Waals surface area (Å²) in [7, 11) is 0. The van der Waals surface area contributed by atoms with Gasteiger partial charge in [-0.15, -0.1) is 0 Å². The molecule has 0 bridgehead atoms. The summed E-state index contributed by atoms with van der Waals surface area (Å²) in [5, 5.41) is 19.4. The third-order valence-corrected chi connectivity index (χ3v) is 5.68. The predicted molar refractivity (Wildman–Crippen MR) is 119 cm³/mol. The Morgan fingerprint density at radius 3 is 2.61 bits per heavy atom. The zero-order valence-electron chi connectivity index (χ0n) is 17.5. The van der Waals surface area contributed by atoms with Gasteiger partial charge in [0.05, 0.1) is 29.9 Å². The van der Waals surface area contributed by atoms with Crippen LogP contribution in [0.25, 0.3) is 10.9 Å². The lowest BCUT2D eigenvalue weighted by Crippen LogP contribution is -2.48. The molecule has 0 radical (unpaired) electrons. The second-order valence-electron chi connectivity index (χ2n) is 7.74. The fourth-order valence-corrected chi connectivity index (χ4v) is 3.91. The average molecular weight is 422 g/mol. The summed E-state index contributed by atoms with van der Waals surface area (Å²) in [5.41, 5.74) is 2.83. The van der Waals surface area contributed by atoms with Crippen LogP contribution in [0.4, 0.5) is 11.4 Å². The molecule has 1 amide bonds. The van der Waals surface area contributed by atoms with Gasteiger partial charge in [-0.2, -0.15) is 5.10 Å². The molecule has 1 saturated heterocycles. The fraction of sp³-hybridized carbons (Fsp3) is 0.364. The molecule has 4 rings (SSSR count). The highest BCUT2D eigenvalue weighted by molar-refractivity contribution is 5.93. The zero-order chi connectivity index (χ0) is 21.8. The van der Waals surface area contributed by atoms with E-state index < -0.39 is 0 Å². The molecular formula is C22H26N6O3. The molecule has 9 nitrogen and oxygen atoms in total. The van der Waals surface area contributed by atoms with Crippen LogP contribution in [0.5, 0.6) is 0 Å². The van der Waals surface area contributed by atoms with Crippen LogP contribution < -0.4 is 5.32 Å². The molecule has 0 atom stereocenters. The molecule has 0 saturated carbocycles. The maximum absolute atomic E-state index is 12.5. The van der Waals surface area contributed by atoms with Gasteiger partial charge in [-0.25, -0.2) is 0 Å². The van der Waals surface area contributed by atoms with Gasteiger partial charge in [-0.3, -0.25) is 29.4 Å². The second-order valence-corrected chi connectivity index (χ2v) is 7.74. The van der Waals surface area contributed by atoms with E-state index in [2.05, 4.69) is 27.1 Å². The third-order valence-electron chi connectivity index (χ3n) is 5.68. The number of nitrogens with one attached hydrogen (secondary N) is 1. The van der Waals surface area contributed by atoms with Gasteiger partial charge in [0.25, 0.3) is 5.69 Å². The largest absolute Gasteiger partial charge is 0.325 e. The van der Waals surface area contributed by atoms with Crippen LogP contribution in [0, 0.1) is 10.1 Å². The first-order valence-electron chi connectivity index (χ1n) is 10.5. The maximum atomic E-state index is 12.5. The van der Waals surface area contributed by atoms with Gasteiger partial charge in [0.15, 0.2) is 0 Å². The lowest BCUT2D eigenvalue weighted by atomic mass is 10.1. The van der Waals surface area contributed by atoms with Gasteiger partial charge >= 0.3 is 0 Å². The minimum atomic E-state index is -0.389. The molecule has 9 heteroatoms. The number of nitro benzene ring substituents is 1. The van der Waals surface area contributed by atoms with Crippen LogP contribution in [-0.4, -0.2) is 63.1 Å². The van der Waals surface area contributed by atoms with E-state index >= 15 is 0 Å². The topological polar surface area (TPSA) is 96.5 Å². The summed E-state index contributed by atoms with van der Waals surface area (Å²) in [6.07, 6.45) is 2.61. The number of benzene rings is 2. The summed E-state index contributed by atoms with van der Waals surface area (Å²) in [6.45, 7) is 6.16. The Hall–Kier alpha value is -3.30. The van der Waals surface area contributed by atoms with Crippen molar-refractivity contribution in [2.45, 2.75) is 20.0 Å². The third kappa shape index (κ3) is 4.89. The summed E-state index contributed by atoms with van der Waals surface area (Å²) >= 11 is 0. The van der Waals surface area contributed by atoms with Crippen LogP contribution in [0.15, 0.2) is 48.7 Å². The normalized spacial score (nSPS) is 15.3. The van der Waals surface area contributed by atoms with E-state index in [-0.39, 0.29) is 16.5 Å². The summed E-state index contributed by atoms with van der Waals surface area (Å²) in [6, 6.07) is 12.7. The minimum Gasteiger partial charge on any atom is -0.325 e. The molecule has 0 unspecified atom stereocenters. The highest BCUT2D eigenvalue weighted by atomic mass is 16.6. The fourth-order valence-electron chi connectivity index (χ4n) is 3.91. The maximum Gasteiger partial charge on any atom is 0.271 e. The molecule has 1 N–H and O–H groups in total. The molecule has 1 aliphatic heterocycles. The Labute approximate surface area is 180 Å². The van der Waals surface area contributed by atoms with E-state index in [1.165, 1.54) is 6.07 Å². The molecule has 1 fully saturated rings. The number of para-hydroxylation sites is 1. The Kier molecular flexibility index (Phi) is 6.24. The van der Waals surface area contributed by atoms with Gasteiger partial charge in [0.2, 0.25) is 5.91 Å². The molecule has 0 aliphatic carbocycles. The SMILES string of the molecule is CCc1ccccc1NC(=O)CN1CCN(Cn2ncc3ccc([N+](=O)[O-])cc32)CC1. The van der Waals surface area contributed by atoms with Gasteiger partial charge in [0.1, 0.15) is 0 Å². The van der Waals surface area contributed by atoms with Crippen molar-refractivity contribution in [1.82, 2.24) is 19.6 Å². The van der Waals surface area contributed by atoms with E-state index in [1.807, 2.05) is 24.3 Å². The highest BCUT2D eigenvalue weighted by Gasteiger charge is 2.20. The van der Waals surface area contributed by atoms with Crippen LogP contribution in [-0.2, 0) is 17.9 Å². The average Bonchev–Trinajstić information content (AvgIpc) is 3.17. The molecule has 162 valence electrons. The number of rotatable bonds is 7. The molecular weight excluding hydrogens is 396 g/mol. The van der Waals surface area contributed by atoms with Gasteiger partial charge in [-0.05, 0) is 24.1 Å². The molecule has 1 aromatic heterocycles. The Morgan fingerprint density at radius 1 is 1.13 bits per heavy atom. The van der Waals surface area contributed by atoms with Crippen LogP contribution >= 0.6 is 0 Å². The number of fused-ring (bicyclic) bond motifs is 1. The van der Waals surface area contributed by atoms with Crippen molar-refractivity contribution in [1.29, 1.82) is 0 Å². The summed E-state index contributed by atoms with van der Waals surface area (Å²) < 4.78 is 1.80. The molecule has 2 heterocycles. The van der Waals surface area contributed by atoms with Gasteiger partial charge in [-0.1, -0.05) is 25.1 Å². The van der Waals surface area contributed by atoms with E-state index in [0.29, 0.717) is 13.2 Å². The Balaban J connectivity index is 1.31. The monoisotopic (exact) mass is 422 g/mol. The number of aryl methyl sites for hydroxylation is 1. The minimum absolute atomic E-state index is 0.000250. The number of anilines is 1. The number of carbonyl (C=O) groups is 1. The van der Waals surface area contributed by atoms with Gasteiger partial charge < -0.3 is 5.32 Å². The van der Waals surface area contributed by atoms with E-state index in [4.69, 9.17) is 0 Å². The molecule has 0 spiro atoms. The van der Waals surface area contributed by atoms with Crippen LogP contribution in [0.3, 0.4) is 0 Å². The summed E-state index contributed by atoms with van der Waals surface area (Å²) in [5.74, 6) is -0.000250. The lowest BCUT2D eigenvalue weighted by molar-refractivity contribution is -0.384.